The van der Waals surface area contributed by atoms with Crippen molar-refractivity contribution >= 4 is 11.9 Å². The van der Waals surface area contributed by atoms with Crippen molar-refractivity contribution in [3.05, 3.63) is 0 Å². The van der Waals surface area contributed by atoms with Crippen LogP contribution in [0.1, 0.15) is 122 Å². The standard InChI is InChI=1S/C24H49N3O2/c1-27(2)24(25)26-22-20-18-16-14-12-10-8-6-4-3-5-7-9-11-13-15-17-19-21-23(28)29/h3-22H2,1-2H3,(H3,25,26,28,29)/p+1. The molecule has 0 aliphatic carbocycles. The molecule has 0 aromatic rings. The number of nitrogens with zero attached hydrogens (tertiary/aromatic N) is 1. The summed E-state index contributed by atoms with van der Waals surface area (Å²) in [5, 5.41) is 11.8. The molecule has 0 bridgehead atoms. The third-order valence-corrected chi connectivity index (χ3v) is 5.61. The fourth-order valence-corrected chi connectivity index (χ4v) is 3.60. The van der Waals surface area contributed by atoms with Crippen LogP contribution in [0.15, 0.2) is 0 Å². The lowest BCUT2D eigenvalue weighted by atomic mass is 10.0. The lowest BCUT2D eigenvalue weighted by Gasteiger charge is -2.04. The molecular formula is C24H50N3O2+. The second kappa shape index (κ2) is 21.4. The molecule has 0 spiro atoms. The molecule has 0 fully saturated rings. The Hall–Kier alpha value is -1.26. The second-order valence-electron chi connectivity index (χ2n) is 8.71. The Kier molecular flexibility index (Phi) is 20.5. The molecule has 0 aliphatic heterocycles. The van der Waals surface area contributed by atoms with Gasteiger partial charge in [-0.3, -0.25) is 20.4 Å². The SMILES string of the molecule is C[N+](C)=C(N)NCCCCCCCCCCCCCCCCCCCCC(=O)O. The number of aliphatic carboxylic acids is 1. The van der Waals surface area contributed by atoms with Gasteiger partial charge in [-0.25, -0.2) is 0 Å². The van der Waals surface area contributed by atoms with E-state index in [1.807, 2.05) is 18.7 Å². The summed E-state index contributed by atoms with van der Waals surface area (Å²) in [5.74, 6) is 0.102. The van der Waals surface area contributed by atoms with Crippen molar-refractivity contribution in [2.45, 2.75) is 122 Å². The van der Waals surface area contributed by atoms with Crippen LogP contribution in [0.5, 0.6) is 0 Å². The van der Waals surface area contributed by atoms with Gasteiger partial charge < -0.3 is 5.11 Å². The largest absolute Gasteiger partial charge is 0.481 e. The molecular weight excluding hydrogens is 362 g/mol. The Labute approximate surface area is 180 Å². The Morgan fingerprint density at radius 1 is 0.655 bits per heavy atom. The molecule has 0 aromatic heterocycles. The van der Waals surface area contributed by atoms with E-state index in [0.717, 1.165) is 25.3 Å². The normalized spacial score (nSPS) is 10.8. The highest BCUT2D eigenvalue weighted by molar-refractivity contribution is 5.72. The zero-order valence-corrected chi connectivity index (χ0v) is 19.5. The van der Waals surface area contributed by atoms with Crippen molar-refractivity contribution in [1.82, 2.24) is 5.32 Å². The molecule has 172 valence electrons. The van der Waals surface area contributed by atoms with Crippen LogP contribution < -0.4 is 11.1 Å². The maximum atomic E-state index is 10.4. The van der Waals surface area contributed by atoms with Gasteiger partial charge in [0, 0.05) is 6.42 Å². The van der Waals surface area contributed by atoms with E-state index in [1.54, 1.807) is 0 Å². The summed E-state index contributed by atoms with van der Waals surface area (Å²) < 4.78 is 1.91. The van der Waals surface area contributed by atoms with Gasteiger partial charge in [0.2, 0.25) is 0 Å². The molecule has 0 saturated carbocycles. The average Bonchev–Trinajstić information content (AvgIpc) is 2.68. The van der Waals surface area contributed by atoms with Gasteiger partial charge in [0.05, 0.1) is 20.6 Å². The number of nitrogens with one attached hydrogen (secondary N) is 1. The van der Waals surface area contributed by atoms with Crippen LogP contribution in [0, 0.1) is 0 Å². The number of carbonyl (C=O) groups is 1. The fraction of sp³-hybridized carbons (Fsp3) is 0.917. The summed E-state index contributed by atoms with van der Waals surface area (Å²) in [4.78, 5) is 10.4. The number of nitrogens with two attached hydrogens (primary N) is 1. The highest BCUT2D eigenvalue weighted by atomic mass is 16.4. The summed E-state index contributed by atoms with van der Waals surface area (Å²) in [6.07, 6.45) is 23.9. The van der Waals surface area contributed by atoms with E-state index in [0.29, 0.717) is 6.42 Å². The Balaban J connectivity index is 3.08. The molecule has 0 unspecified atom stereocenters. The molecule has 5 nitrogen and oxygen atoms in total. The lowest BCUT2D eigenvalue weighted by molar-refractivity contribution is -0.467. The molecule has 0 atom stereocenters. The van der Waals surface area contributed by atoms with Crippen molar-refractivity contribution in [1.29, 1.82) is 0 Å². The molecule has 5 heteroatoms. The van der Waals surface area contributed by atoms with Crippen LogP contribution in [-0.4, -0.2) is 42.3 Å². The third-order valence-electron chi connectivity index (χ3n) is 5.61. The van der Waals surface area contributed by atoms with Crippen LogP contribution >= 0.6 is 0 Å². The first kappa shape index (κ1) is 27.7. The predicted octanol–water partition coefficient (Wildman–Crippen LogP) is 5.66. The van der Waals surface area contributed by atoms with Crippen LogP contribution in [0.25, 0.3) is 0 Å². The number of carboxylic acid groups (broad SMARTS) is 1. The van der Waals surface area contributed by atoms with Gasteiger partial charge in [-0.2, -0.15) is 0 Å². The number of carboxylic acids is 1. The maximum absolute atomic E-state index is 10.4. The minimum Gasteiger partial charge on any atom is -0.481 e. The van der Waals surface area contributed by atoms with E-state index >= 15 is 0 Å². The van der Waals surface area contributed by atoms with E-state index in [4.69, 9.17) is 10.8 Å². The lowest BCUT2D eigenvalue weighted by Crippen LogP contribution is -2.38. The molecule has 0 saturated heterocycles. The van der Waals surface area contributed by atoms with Gasteiger partial charge >= 0.3 is 11.9 Å². The van der Waals surface area contributed by atoms with Crippen molar-refractivity contribution in [2.75, 3.05) is 20.6 Å². The van der Waals surface area contributed by atoms with E-state index < -0.39 is 5.97 Å². The summed E-state index contributed by atoms with van der Waals surface area (Å²) in [6, 6.07) is 0. The van der Waals surface area contributed by atoms with Gasteiger partial charge in [-0.15, -0.1) is 0 Å². The predicted molar refractivity (Wildman–Crippen MR) is 125 cm³/mol. The Morgan fingerprint density at radius 3 is 1.28 bits per heavy atom. The average molecular weight is 413 g/mol. The van der Waals surface area contributed by atoms with Crippen molar-refractivity contribution < 1.29 is 14.5 Å². The van der Waals surface area contributed by atoms with Gasteiger partial charge in [0.25, 0.3) is 0 Å². The zero-order valence-electron chi connectivity index (χ0n) is 19.5. The topological polar surface area (TPSA) is 78.4 Å². The van der Waals surface area contributed by atoms with Crippen LogP contribution in [-0.2, 0) is 4.79 Å². The third kappa shape index (κ3) is 22.9. The van der Waals surface area contributed by atoms with E-state index in [9.17, 15) is 4.79 Å². The number of hydrogen-bond acceptors (Lipinski definition) is 1. The van der Waals surface area contributed by atoms with Crippen molar-refractivity contribution in [3.63, 3.8) is 0 Å². The van der Waals surface area contributed by atoms with Crippen molar-refractivity contribution in [2.24, 2.45) is 5.73 Å². The van der Waals surface area contributed by atoms with Crippen LogP contribution in [0.4, 0.5) is 0 Å². The minimum atomic E-state index is -0.658. The molecule has 0 amide bonds. The molecule has 29 heavy (non-hydrogen) atoms. The number of hydrogen-bond donors (Lipinski definition) is 3. The molecule has 0 heterocycles. The molecule has 0 radical (unpaired) electrons. The Bertz CT molecular complexity index is 407. The first-order valence-corrected chi connectivity index (χ1v) is 12.3. The molecule has 0 aromatic carbocycles. The number of unbranched alkanes of at least 4 members (excludes halogenated alkanes) is 17. The zero-order chi connectivity index (χ0) is 21.6. The fourth-order valence-electron chi connectivity index (χ4n) is 3.60. The first-order valence-electron chi connectivity index (χ1n) is 12.3. The molecule has 4 N–H and O–H groups in total. The summed E-state index contributed by atoms with van der Waals surface area (Å²) in [5.41, 5.74) is 5.82. The number of guanidine groups is 1. The number of rotatable bonds is 21. The summed E-state index contributed by atoms with van der Waals surface area (Å²) in [7, 11) is 3.92. The Morgan fingerprint density at radius 2 is 0.966 bits per heavy atom. The highest BCUT2D eigenvalue weighted by Crippen LogP contribution is 2.14. The van der Waals surface area contributed by atoms with Crippen molar-refractivity contribution in [3.8, 4) is 0 Å². The van der Waals surface area contributed by atoms with Crippen LogP contribution in [0.2, 0.25) is 0 Å². The van der Waals surface area contributed by atoms with Gasteiger partial charge in [-0.05, 0) is 12.8 Å². The van der Waals surface area contributed by atoms with E-state index in [2.05, 4.69) is 5.32 Å². The van der Waals surface area contributed by atoms with Gasteiger partial charge in [0.1, 0.15) is 0 Å². The summed E-state index contributed by atoms with van der Waals surface area (Å²) >= 11 is 0. The van der Waals surface area contributed by atoms with E-state index in [1.165, 1.54) is 103 Å². The summed E-state index contributed by atoms with van der Waals surface area (Å²) in [6.45, 7) is 0.983. The second-order valence-corrected chi connectivity index (χ2v) is 8.71. The first-order chi connectivity index (χ1) is 14.0. The minimum absolute atomic E-state index is 0.337. The smallest absolute Gasteiger partial charge is 0.342 e. The van der Waals surface area contributed by atoms with Crippen LogP contribution in [0.3, 0.4) is 0 Å². The van der Waals surface area contributed by atoms with Gasteiger partial charge in [-0.1, -0.05) is 103 Å². The monoisotopic (exact) mass is 412 g/mol. The van der Waals surface area contributed by atoms with Gasteiger partial charge in [0.15, 0.2) is 0 Å². The van der Waals surface area contributed by atoms with E-state index in [-0.39, 0.29) is 0 Å². The highest BCUT2D eigenvalue weighted by Gasteiger charge is 1.99. The molecule has 0 rings (SSSR count). The molecule has 0 aliphatic rings. The quantitative estimate of drug-likeness (QED) is 0.0983. The maximum Gasteiger partial charge on any atom is 0.342 e.